The van der Waals surface area contributed by atoms with E-state index in [0.717, 1.165) is 11.9 Å². The van der Waals surface area contributed by atoms with Crippen LogP contribution in [-0.2, 0) is 4.79 Å². The summed E-state index contributed by atoms with van der Waals surface area (Å²) < 4.78 is 16.3. The molecule has 1 N–H and O–H groups in total. The molecule has 3 heterocycles. The number of hydrogen-bond donors (Lipinski definition) is 1. The number of imidazole rings is 1. The van der Waals surface area contributed by atoms with Gasteiger partial charge in [-0.05, 0) is 30.7 Å². The Morgan fingerprint density at radius 2 is 2.21 bits per heavy atom. The van der Waals surface area contributed by atoms with Crippen LogP contribution in [0.1, 0.15) is 24.6 Å². The highest BCUT2D eigenvalue weighted by atomic mass is 35.5. The van der Waals surface area contributed by atoms with Crippen LogP contribution >= 0.6 is 11.6 Å². The van der Waals surface area contributed by atoms with Gasteiger partial charge in [-0.15, -0.1) is 0 Å². The van der Waals surface area contributed by atoms with E-state index in [0.29, 0.717) is 35.0 Å². The zero-order chi connectivity index (χ0) is 16.7. The number of nitrogens with one attached hydrogen (secondary N) is 1. The van der Waals surface area contributed by atoms with Crippen LogP contribution in [0.2, 0.25) is 5.02 Å². The summed E-state index contributed by atoms with van der Waals surface area (Å²) >= 11 is 5.87. The molecule has 1 atom stereocenters. The molecule has 7 heteroatoms. The summed E-state index contributed by atoms with van der Waals surface area (Å²) in [5.41, 5.74) is 1.79. The lowest BCUT2D eigenvalue weighted by molar-refractivity contribution is -0.122. The molecule has 0 radical (unpaired) electrons. The summed E-state index contributed by atoms with van der Waals surface area (Å²) in [7, 11) is 0. The normalized spacial score (nSPS) is 17.9. The van der Waals surface area contributed by atoms with Gasteiger partial charge in [0.25, 0.3) is 0 Å². The third kappa shape index (κ3) is 2.53. The molecule has 5 nitrogen and oxygen atoms in total. The summed E-state index contributed by atoms with van der Waals surface area (Å²) in [6.45, 7) is 0.591. The molecule has 3 aromatic rings. The van der Waals surface area contributed by atoms with Gasteiger partial charge in [0.2, 0.25) is 5.91 Å². The molecule has 4 rings (SSSR count). The van der Waals surface area contributed by atoms with Crippen molar-refractivity contribution in [3.63, 3.8) is 0 Å². The molecule has 1 aromatic carbocycles. The molecule has 1 aliphatic heterocycles. The molecule has 122 valence electrons. The van der Waals surface area contributed by atoms with Crippen LogP contribution in [0.5, 0.6) is 0 Å². The average Bonchev–Trinajstić information content (AvgIpc) is 2.94. The van der Waals surface area contributed by atoms with Gasteiger partial charge in [0.15, 0.2) is 0 Å². The number of carbonyl (C=O) groups is 1. The van der Waals surface area contributed by atoms with Crippen LogP contribution in [0.25, 0.3) is 16.7 Å². The summed E-state index contributed by atoms with van der Waals surface area (Å²) in [6, 6.07) is 6.32. The fraction of sp³-hybridized carbons (Fsp3) is 0.235. The molecule has 1 amide bonds. The minimum atomic E-state index is -0.438. The van der Waals surface area contributed by atoms with Crippen molar-refractivity contribution < 1.29 is 9.18 Å². The number of pyridine rings is 1. The number of carbonyl (C=O) groups excluding carboxylic acids is 1. The maximum absolute atomic E-state index is 14.5. The van der Waals surface area contributed by atoms with E-state index in [9.17, 15) is 9.18 Å². The maximum Gasteiger partial charge on any atom is 0.220 e. The second-order valence-electron chi connectivity index (χ2n) is 5.81. The Hall–Kier alpha value is -2.47. The predicted octanol–water partition coefficient (Wildman–Crippen LogP) is 3.21. The molecule has 0 aliphatic carbocycles. The summed E-state index contributed by atoms with van der Waals surface area (Å²) in [5, 5.41) is 3.14. The molecular formula is C17H14ClFN4O. The molecule has 1 fully saturated rings. The van der Waals surface area contributed by atoms with Crippen LogP contribution in [0.3, 0.4) is 0 Å². The number of fused-ring (bicyclic) bond motifs is 1. The fourth-order valence-corrected chi connectivity index (χ4v) is 3.30. The predicted molar refractivity (Wildman–Crippen MR) is 88.8 cm³/mol. The number of benzene rings is 1. The van der Waals surface area contributed by atoms with Gasteiger partial charge in [0.1, 0.15) is 11.6 Å². The second-order valence-corrected chi connectivity index (χ2v) is 6.24. The SMILES string of the molecule is O=C1CC(c2nc3ccncc3n2-c2ccc(Cl)cc2F)CCN1. The number of nitrogens with zero attached hydrogens (tertiary/aromatic N) is 3. The highest BCUT2D eigenvalue weighted by Crippen LogP contribution is 2.32. The summed E-state index contributed by atoms with van der Waals surface area (Å²) in [4.78, 5) is 20.6. The molecule has 1 unspecified atom stereocenters. The highest BCUT2D eigenvalue weighted by Gasteiger charge is 2.27. The third-order valence-electron chi connectivity index (χ3n) is 4.25. The van der Waals surface area contributed by atoms with Crippen LogP contribution in [-0.4, -0.2) is 27.0 Å². The van der Waals surface area contributed by atoms with E-state index in [4.69, 9.17) is 11.6 Å². The largest absolute Gasteiger partial charge is 0.356 e. The van der Waals surface area contributed by atoms with Gasteiger partial charge in [-0.2, -0.15) is 0 Å². The number of aromatic nitrogens is 3. The Morgan fingerprint density at radius 3 is 3.00 bits per heavy atom. The van der Waals surface area contributed by atoms with Gasteiger partial charge in [-0.25, -0.2) is 9.37 Å². The molecular weight excluding hydrogens is 331 g/mol. The van der Waals surface area contributed by atoms with E-state index in [2.05, 4.69) is 15.3 Å². The van der Waals surface area contributed by atoms with Gasteiger partial charge < -0.3 is 5.32 Å². The van der Waals surface area contributed by atoms with E-state index < -0.39 is 5.82 Å². The molecule has 2 aromatic heterocycles. The first kappa shape index (κ1) is 15.1. The summed E-state index contributed by atoms with van der Waals surface area (Å²) in [6.07, 6.45) is 4.40. The first-order valence-corrected chi connectivity index (χ1v) is 8.06. The lowest BCUT2D eigenvalue weighted by Crippen LogP contribution is -2.33. The lowest BCUT2D eigenvalue weighted by atomic mass is 9.96. The van der Waals surface area contributed by atoms with E-state index in [1.165, 1.54) is 6.07 Å². The molecule has 0 bridgehead atoms. The van der Waals surface area contributed by atoms with Gasteiger partial charge >= 0.3 is 0 Å². The zero-order valence-corrected chi connectivity index (χ0v) is 13.4. The van der Waals surface area contributed by atoms with Crippen molar-refractivity contribution in [1.82, 2.24) is 19.9 Å². The Balaban J connectivity index is 1.95. The van der Waals surface area contributed by atoms with E-state index in [1.807, 2.05) is 0 Å². The van der Waals surface area contributed by atoms with Crippen molar-refractivity contribution in [3.05, 3.63) is 53.3 Å². The molecule has 1 saturated heterocycles. The molecule has 1 aliphatic rings. The zero-order valence-electron chi connectivity index (χ0n) is 12.7. The minimum Gasteiger partial charge on any atom is -0.356 e. The fourth-order valence-electron chi connectivity index (χ4n) is 3.14. The van der Waals surface area contributed by atoms with E-state index >= 15 is 0 Å². The van der Waals surface area contributed by atoms with Gasteiger partial charge in [-0.1, -0.05) is 11.6 Å². The van der Waals surface area contributed by atoms with Crippen molar-refractivity contribution in [2.45, 2.75) is 18.8 Å². The van der Waals surface area contributed by atoms with Gasteiger partial charge in [0.05, 0.1) is 22.9 Å². The maximum atomic E-state index is 14.5. The van der Waals surface area contributed by atoms with E-state index in [1.54, 1.807) is 35.2 Å². The quantitative estimate of drug-likeness (QED) is 0.776. The van der Waals surface area contributed by atoms with Crippen LogP contribution in [0.4, 0.5) is 4.39 Å². The second kappa shape index (κ2) is 5.87. The van der Waals surface area contributed by atoms with Crippen molar-refractivity contribution in [1.29, 1.82) is 0 Å². The molecule has 24 heavy (non-hydrogen) atoms. The van der Waals surface area contributed by atoms with Crippen molar-refractivity contribution in [2.75, 3.05) is 6.54 Å². The first-order valence-electron chi connectivity index (χ1n) is 7.68. The average molecular weight is 345 g/mol. The van der Waals surface area contributed by atoms with Crippen LogP contribution in [0, 0.1) is 5.82 Å². The lowest BCUT2D eigenvalue weighted by Gasteiger charge is -2.22. The van der Waals surface area contributed by atoms with Crippen molar-refractivity contribution in [3.8, 4) is 5.69 Å². The van der Waals surface area contributed by atoms with Crippen LogP contribution in [0.15, 0.2) is 36.7 Å². The van der Waals surface area contributed by atoms with Crippen molar-refractivity contribution in [2.24, 2.45) is 0 Å². The standard InChI is InChI=1S/C17H14ClFN4O/c18-11-1-2-14(12(19)8-11)23-15-9-20-5-4-13(15)22-17(23)10-3-6-21-16(24)7-10/h1-2,4-5,8-10H,3,6-7H2,(H,21,24). The number of hydrogen-bond acceptors (Lipinski definition) is 3. The first-order chi connectivity index (χ1) is 11.6. The number of amides is 1. The Labute approximate surface area is 142 Å². The molecule has 0 saturated carbocycles. The topological polar surface area (TPSA) is 59.8 Å². The third-order valence-corrected chi connectivity index (χ3v) is 4.48. The Morgan fingerprint density at radius 1 is 1.33 bits per heavy atom. The van der Waals surface area contributed by atoms with Crippen LogP contribution < -0.4 is 5.32 Å². The number of piperidine rings is 1. The van der Waals surface area contributed by atoms with Crippen molar-refractivity contribution >= 4 is 28.5 Å². The molecule has 0 spiro atoms. The van der Waals surface area contributed by atoms with E-state index in [-0.39, 0.29) is 11.8 Å². The van der Waals surface area contributed by atoms with Gasteiger partial charge in [-0.3, -0.25) is 14.3 Å². The summed E-state index contributed by atoms with van der Waals surface area (Å²) in [5.74, 6) is 0.155. The highest BCUT2D eigenvalue weighted by molar-refractivity contribution is 6.30. The smallest absolute Gasteiger partial charge is 0.220 e. The van der Waals surface area contributed by atoms with Gasteiger partial charge in [0, 0.05) is 30.1 Å². The Bertz CT molecular complexity index is 939. The number of halogens is 2. The minimum absolute atomic E-state index is 0.0143. The monoisotopic (exact) mass is 344 g/mol. The Kier molecular flexibility index (Phi) is 3.69. The number of rotatable bonds is 2.